The number of anilines is 1. The van der Waals surface area contributed by atoms with Crippen molar-refractivity contribution < 1.29 is 22.7 Å². The van der Waals surface area contributed by atoms with Gasteiger partial charge in [0, 0.05) is 25.6 Å². The fraction of sp³-hybridized carbons (Fsp3) is 0.481. The fourth-order valence-corrected chi connectivity index (χ4v) is 4.72. The van der Waals surface area contributed by atoms with Gasteiger partial charge in [0.2, 0.25) is 21.8 Å². The summed E-state index contributed by atoms with van der Waals surface area (Å²) in [5, 5.41) is 2.95. The zero-order chi connectivity index (χ0) is 26.7. The third-order valence-electron chi connectivity index (χ3n) is 5.95. The number of hydrogen-bond acceptors (Lipinski definition) is 5. The summed E-state index contributed by atoms with van der Waals surface area (Å²) >= 11 is 0. The van der Waals surface area contributed by atoms with Crippen molar-refractivity contribution in [3.8, 4) is 5.75 Å². The van der Waals surface area contributed by atoms with Crippen LogP contribution in [0.2, 0.25) is 0 Å². The lowest BCUT2D eigenvalue weighted by Gasteiger charge is -2.30. The molecule has 2 amide bonds. The zero-order valence-corrected chi connectivity index (χ0v) is 22.8. The molecule has 0 unspecified atom stereocenters. The number of para-hydroxylation sites is 2. The van der Waals surface area contributed by atoms with Gasteiger partial charge in [-0.15, -0.1) is 0 Å². The van der Waals surface area contributed by atoms with Gasteiger partial charge in [-0.2, -0.15) is 0 Å². The van der Waals surface area contributed by atoms with Gasteiger partial charge in [-0.3, -0.25) is 13.9 Å². The van der Waals surface area contributed by atoms with E-state index in [-0.39, 0.29) is 43.8 Å². The molecule has 0 aliphatic carbocycles. The van der Waals surface area contributed by atoms with E-state index in [0.29, 0.717) is 18.0 Å². The van der Waals surface area contributed by atoms with Crippen molar-refractivity contribution in [2.75, 3.05) is 23.7 Å². The smallest absolute Gasteiger partial charge is 0.242 e. The number of carbonyl (C=O) groups is 2. The van der Waals surface area contributed by atoms with Crippen LogP contribution in [0.4, 0.5) is 5.69 Å². The first kappa shape index (κ1) is 29.2. The molecule has 2 aromatic carbocycles. The van der Waals surface area contributed by atoms with Gasteiger partial charge in [-0.1, -0.05) is 49.4 Å². The lowest BCUT2D eigenvalue weighted by atomic mass is 10.1. The first-order valence-corrected chi connectivity index (χ1v) is 14.3. The molecule has 0 bridgehead atoms. The number of amides is 2. The topological polar surface area (TPSA) is 96.0 Å². The summed E-state index contributed by atoms with van der Waals surface area (Å²) in [6.07, 6.45) is 2.31. The molecule has 2 rings (SSSR count). The van der Waals surface area contributed by atoms with E-state index < -0.39 is 16.1 Å². The number of nitrogens with zero attached hydrogens (tertiary/aromatic N) is 2. The number of hydrogen-bond donors (Lipinski definition) is 1. The Bertz CT molecular complexity index is 1090. The Balaban J connectivity index is 2.18. The summed E-state index contributed by atoms with van der Waals surface area (Å²) in [4.78, 5) is 27.7. The third kappa shape index (κ3) is 8.55. The molecular weight excluding hydrogens is 478 g/mol. The highest BCUT2D eigenvalue weighted by Gasteiger charge is 2.27. The van der Waals surface area contributed by atoms with Crippen molar-refractivity contribution in [1.82, 2.24) is 10.2 Å². The summed E-state index contributed by atoms with van der Waals surface area (Å²) in [7, 11) is -3.61. The Kier molecular flexibility index (Phi) is 11.2. The normalized spacial score (nSPS) is 12.9. The lowest BCUT2D eigenvalue weighted by molar-refractivity contribution is -0.140. The molecule has 0 saturated carbocycles. The summed E-state index contributed by atoms with van der Waals surface area (Å²) in [5.74, 6) is 0.0482. The van der Waals surface area contributed by atoms with Crippen molar-refractivity contribution in [3.05, 3.63) is 60.2 Å². The van der Waals surface area contributed by atoms with Crippen LogP contribution in [0.3, 0.4) is 0 Å². The Morgan fingerprint density at radius 2 is 1.64 bits per heavy atom. The van der Waals surface area contributed by atoms with E-state index in [1.807, 2.05) is 51.1 Å². The highest BCUT2D eigenvalue weighted by molar-refractivity contribution is 7.92. The van der Waals surface area contributed by atoms with Crippen LogP contribution in [-0.2, 0) is 26.2 Å². The van der Waals surface area contributed by atoms with E-state index in [0.717, 1.165) is 18.2 Å². The van der Waals surface area contributed by atoms with Crippen molar-refractivity contribution >= 4 is 27.5 Å². The second-order valence-electron chi connectivity index (χ2n) is 8.84. The standard InChI is InChI=1S/C27H39N3O5S/c1-6-21(3)28-27(32)22(4)29(20-23-14-9-8-10-15-23)26(31)18-13-19-30(36(5,33)34)24-16-11-12-17-25(24)35-7-2/h8-12,14-17,21-22H,6-7,13,18-20H2,1-5H3,(H,28,32)/t21-,22+/m1/s1. The number of carbonyl (C=O) groups excluding carboxylic acids is 2. The average molecular weight is 518 g/mol. The van der Waals surface area contributed by atoms with Crippen LogP contribution in [0.25, 0.3) is 0 Å². The SMILES string of the molecule is CCOc1ccccc1N(CCCC(=O)N(Cc1ccccc1)[C@@H](C)C(=O)N[C@H](C)CC)S(C)(=O)=O. The molecule has 2 aromatic rings. The number of ether oxygens (including phenoxy) is 1. The van der Waals surface area contributed by atoms with E-state index in [1.54, 1.807) is 36.1 Å². The van der Waals surface area contributed by atoms with Crippen molar-refractivity contribution in [3.63, 3.8) is 0 Å². The minimum atomic E-state index is -3.61. The van der Waals surface area contributed by atoms with E-state index in [4.69, 9.17) is 4.74 Å². The molecule has 8 nitrogen and oxygen atoms in total. The number of nitrogens with one attached hydrogen (secondary N) is 1. The maximum absolute atomic E-state index is 13.3. The first-order valence-electron chi connectivity index (χ1n) is 12.4. The maximum atomic E-state index is 13.3. The molecule has 0 aliphatic heterocycles. The summed E-state index contributed by atoms with van der Waals surface area (Å²) in [6.45, 7) is 8.27. The summed E-state index contributed by atoms with van der Waals surface area (Å²) in [5.41, 5.74) is 1.36. The molecule has 0 fully saturated rings. The molecule has 9 heteroatoms. The van der Waals surface area contributed by atoms with Crippen LogP contribution in [0, 0.1) is 0 Å². The van der Waals surface area contributed by atoms with Gasteiger partial charge in [0.15, 0.2) is 0 Å². The highest BCUT2D eigenvalue weighted by Crippen LogP contribution is 2.30. The van der Waals surface area contributed by atoms with Crippen LogP contribution in [-0.4, -0.2) is 56.6 Å². The van der Waals surface area contributed by atoms with Gasteiger partial charge in [0.25, 0.3) is 0 Å². The van der Waals surface area contributed by atoms with Gasteiger partial charge < -0.3 is 15.0 Å². The molecule has 0 aromatic heterocycles. The molecule has 0 aliphatic rings. The van der Waals surface area contributed by atoms with Crippen LogP contribution >= 0.6 is 0 Å². The van der Waals surface area contributed by atoms with Crippen molar-refractivity contribution in [1.29, 1.82) is 0 Å². The minimum absolute atomic E-state index is 0.00218. The van der Waals surface area contributed by atoms with Gasteiger partial charge in [-0.05, 0) is 51.3 Å². The molecule has 2 atom stereocenters. The molecule has 1 N–H and O–H groups in total. The monoisotopic (exact) mass is 517 g/mol. The molecule has 36 heavy (non-hydrogen) atoms. The fourth-order valence-electron chi connectivity index (χ4n) is 3.75. The maximum Gasteiger partial charge on any atom is 0.242 e. The van der Waals surface area contributed by atoms with Crippen LogP contribution in [0.5, 0.6) is 5.75 Å². The average Bonchev–Trinajstić information content (AvgIpc) is 2.85. The van der Waals surface area contributed by atoms with Gasteiger partial charge in [-0.25, -0.2) is 8.42 Å². The Labute approximate surface area is 215 Å². The second-order valence-corrected chi connectivity index (χ2v) is 10.7. The van der Waals surface area contributed by atoms with Crippen LogP contribution in [0.15, 0.2) is 54.6 Å². The Morgan fingerprint density at radius 3 is 2.25 bits per heavy atom. The highest BCUT2D eigenvalue weighted by atomic mass is 32.2. The predicted molar refractivity (Wildman–Crippen MR) is 143 cm³/mol. The van der Waals surface area contributed by atoms with E-state index in [2.05, 4.69) is 5.32 Å². The zero-order valence-electron chi connectivity index (χ0n) is 21.9. The molecule has 198 valence electrons. The summed E-state index contributed by atoms with van der Waals surface area (Å²) in [6, 6.07) is 15.8. The van der Waals surface area contributed by atoms with E-state index in [9.17, 15) is 18.0 Å². The molecule has 0 radical (unpaired) electrons. The van der Waals surface area contributed by atoms with Gasteiger partial charge in [0.1, 0.15) is 11.8 Å². The summed E-state index contributed by atoms with van der Waals surface area (Å²) < 4.78 is 32.1. The lowest BCUT2D eigenvalue weighted by Crippen LogP contribution is -2.49. The Morgan fingerprint density at radius 1 is 1.00 bits per heavy atom. The number of sulfonamides is 1. The first-order chi connectivity index (χ1) is 17.1. The molecule has 0 heterocycles. The predicted octanol–water partition coefficient (Wildman–Crippen LogP) is 3.96. The largest absolute Gasteiger partial charge is 0.492 e. The van der Waals surface area contributed by atoms with Crippen molar-refractivity contribution in [2.45, 2.75) is 65.6 Å². The van der Waals surface area contributed by atoms with Gasteiger partial charge >= 0.3 is 0 Å². The van der Waals surface area contributed by atoms with E-state index >= 15 is 0 Å². The van der Waals surface area contributed by atoms with Crippen LogP contribution in [0.1, 0.15) is 52.5 Å². The Hall–Kier alpha value is -3.07. The van der Waals surface area contributed by atoms with Crippen LogP contribution < -0.4 is 14.4 Å². The molecule has 0 saturated heterocycles. The second kappa shape index (κ2) is 13.9. The number of rotatable bonds is 14. The third-order valence-corrected chi connectivity index (χ3v) is 7.13. The van der Waals surface area contributed by atoms with Crippen molar-refractivity contribution in [2.24, 2.45) is 0 Å². The number of benzene rings is 2. The molecule has 0 spiro atoms. The minimum Gasteiger partial charge on any atom is -0.492 e. The quantitative estimate of drug-likeness (QED) is 0.409. The van der Waals surface area contributed by atoms with E-state index in [1.165, 1.54) is 4.31 Å². The molecular formula is C27H39N3O5S. The van der Waals surface area contributed by atoms with Gasteiger partial charge in [0.05, 0.1) is 18.6 Å².